The van der Waals surface area contributed by atoms with Gasteiger partial charge < -0.3 is 14.2 Å². The molecular weight excluding hydrogens is 317 g/mol. The summed E-state index contributed by atoms with van der Waals surface area (Å²) in [5, 5.41) is 0. The summed E-state index contributed by atoms with van der Waals surface area (Å²) in [6.07, 6.45) is -0.124. The Morgan fingerprint density at radius 2 is 1.32 bits per heavy atom. The highest BCUT2D eigenvalue weighted by Gasteiger charge is 2.63. The van der Waals surface area contributed by atoms with Crippen LogP contribution in [0.5, 0.6) is 0 Å². The lowest BCUT2D eigenvalue weighted by atomic mass is 10.2. The second-order valence-electron chi connectivity index (χ2n) is 7.42. The van der Waals surface area contributed by atoms with Crippen LogP contribution in [0.4, 0.5) is 0 Å². The first-order chi connectivity index (χ1) is 10.3. The molecule has 2 aliphatic heterocycles. The minimum atomic E-state index is -1.85. The Balaban J connectivity index is 2.35. The van der Waals surface area contributed by atoms with Gasteiger partial charge in [-0.15, -0.1) is 0 Å². The fourth-order valence-electron chi connectivity index (χ4n) is 3.33. The minimum absolute atomic E-state index is 0.124. The van der Waals surface area contributed by atoms with E-state index in [4.69, 9.17) is 26.5 Å². The van der Waals surface area contributed by atoms with E-state index in [1.165, 1.54) is 0 Å². The summed E-state index contributed by atoms with van der Waals surface area (Å²) < 4.78 is 20.9. The predicted octanol–water partition coefficient (Wildman–Crippen LogP) is 4.09. The van der Waals surface area contributed by atoms with Gasteiger partial charge in [-0.25, -0.2) is 0 Å². The van der Waals surface area contributed by atoms with Gasteiger partial charge in [0.05, 0.1) is 26.3 Å². The van der Waals surface area contributed by atoms with Crippen LogP contribution in [-0.4, -0.2) is 49.0 Å². The molecule has 0 bridgehead atoms. The van der Waals surface area contributed by atoms with Crippen LogP contribution in [0.3, 0.4) is 0 Å². The third-order valence-electron chi connectivity index (χ3n) is 4.42. The highest BCUT2D eigenvalue weighted by molar-refractivity contribution is 8.52. The molecule has 22 heavy (non-hydrogen) atoms. The molecule has 0 amide bonds. The number of hydrogen-bond donors (Lipinski definition) is 1. The van der Waals surface area contributed by atoms with Gasteiger partial charge in [0.2, 0.25) is 11.7 Å². The Labute approximate surface area is 141 Å². The van der Waals surface area contributed by atoms with E-state index >= 15 is 0 Å². The first kappa shape index (κ1) is 19.0. The average molecular weight is 350 g/mol. The van der Waals surface area contributed by atoms with E-state index in [2.05, 4.69) is 46.2 Å². The Morgan fingerprint density at radius 1 is 0.864 bits per heavy atom. The Hall–Kier alpha value is 0.620. The van der Waals surface area contributed by atoms with Gasteiger partial charge in [-0.3, -0.25) is 0 Å². The predicted molar refractivity (Wildman–Crippen MR) is 96.3 cm³/mol. The van der Waals surface area contributed by atoms with Gasteiger partial charge in [-0.1, -0.05) is 41.5 Å². The summed E-state index contributed by atoms with van der Waals surface area (Å²) in [6, 6.07) is 0. The van der Waals surface area contributed by atoms with E-state index in [1.54, 1.807) is 0 Å². The van der Waals surface area contributed by atoms with Gasteiger partial charge in [0.25, 0.3) is 0 Å². The van der Waals surface area contributed by atoms with Gasteiger partial charge in [0.15, 0.2) is 12.9 Å². The molecule has 2 atom stereocenters. The quantitative estimate of drug-likeness (QED) is 0.611. The summed E-state index contributed by atoms with van der Waals surface area (Å²) in [6.45, 7) is 14.9. The highest BCUT2D eigenvalue weighted by atomic mass is 32.7. The maximum atomic E-state index is 6.43. The van der Waals surface area contributed by atoms with Crippen molar-refractivity contribution in [2.75, 3.05) is 26.3 Å². The first-order valence-electron chi connectivity index (χ1n) is 8.53. The van der Waals surface area contributed by atoms with E-state index in [1.807, 2.05) is 0 Å². The van der Waals surface area contributed by atoms with Gasteiger partial charge in [0, 0.05) is 30.0 Å². The van der Waals surface area contributed by atoms with Crippen LogP contribution < -0.4 is 0 Å². The van der Waals surface area contributed by atoms with Crippen LogP contribution in [0.15, 0.2) is 0 Å². The van der Waals surface area contributed by atoms with Crippen LogP contribution in [0.25, 0.3) is 0 Å². The molecule has 4 nitrogen and oxygen atoms in total. The molecule has 2 rings (SSSR count). The van der Waals surface area contributed by atoms with Crippen LogP contribution in [0, 0.1) is 17.8 Å². The molecule has 0 aliphatic carbocycles. The summed E-state index contributed by atoms with van der Waals surface area (Å²) in [7, 11) is 0. The molecule has 2 heterocycles. The van der Waals surface area contributed by atoms with E-state index in [9.17, 15) is 0 Å². The number of rotatable bonds is 4. The molecule has 0 aromatic rings. The van der Waals surface area contributed by atoms with Gasteiger partial charge in [-0.05, 0) is 0 Å². The topological polar surface area (TPSA) is 30.9 Å². The average Bonchev–Trinajstić information content (AvgIpc) is 2.47. The van der Waals surface area contributed by atoms with Crippen molar-refractivity contribution in [1.29, 1.82) is 0 Å². The van der Waals surface area contributed by atoms with Crippen molar-refractivity contribution in [1.82, 2.24) is 4.67 Å². The molecule has 2 unspecified atom stereocenters. The van der Waals surface area contributed by atoms with Gasteiger partial charge in [0.1, 0.15) is 0 Å². The molecule has 6 heteroatoms. The lowest BCUT2D eigenvalue weighted by Crippen LogP contribution is -2.52. The summed E-state index contributed by atoms with van der Waals surface area (Å²) >= 11 is 5.30. The molecule has 2 saturated heterocycles. The number of ether oxygens (including phenoxy) is 3. The number of morpholine rings is 1. The zero-order valence-electron chi connectivity index (χ0n) is 14.9. The molecule has 0 spiro atoms. The zero-order chi connectivity index (χ0) is 16.5. The standard InChI is InChI=1S/C16H33NO3PS/c1-11(2)14-19-15(12(3)4)21(22,16(20-14)13(5)6)17-7-9-18-10-8-17/h11-16,22H,7-10H2,1-6H3/q+1. The summed E-state index contributed by atoms with van der Waals surface area (Å²) in [5.74, 6) is 1.53. The largest absolute Gasteiger partial charge is 0.379 e. The smallest absolute Gasteiger partial charge is 0.200 e. The molecule has 0 N–H and O–H groups in total. The van der Waals surface area contributed by atoms with Crippen molar-refractivity contribution in [2.45, 2.75) is 59.5 Å². The van der Waals surface area contributed by atoms with E-state index in [-0.39, 0.29) is 18.0 Å². The monoisotopic (exact) mass is 350 g/mol. The Kier molecular flexibility index (Phi) is 6.61. The summed E-state index contributed by atoms with van der Waals surface area (Å²) in [5.41, 5.74) is 0. The fraction of sp³-hybridized carbons (Fsp3) is 1.00. The lowest BCUT2D eigenvalue weighted by molar-refractivity contribution is -0.215. The second kappa shape index (κ2) is 7.67. The Bertz CT molecular complexity index is 343. The molecular formula is C16H33NO3PS+. The van der Waals surface area contributed by atoms with Crippen molar-refractivity contribution in [3.63, 3.8) is 0 Å². The molecule has 0 radical (unpaired) electrons. The maximum absolute atomic E-state index is 6.43. The van der Waals surface area contributed by atoms with Crippen molar-refractivity contribution < 1.29 is 14.2 Å². The third-order valence-corrected chi connectivity index (χ3v) is 10.8. The molecule has 130 valence electrons. The minimum Gasteiger partial charge on any atom is -0.379 e. The fourth-order valence-corrected chi connectivity index (χ4v) is 9.89. The Morgan fingerprint density at radius 3 is 1.68 bits per heavy atom. The van der Waals surface area contributed by atoms with Gasteiger partial charge in [-0.2, -0.15) is 4.67 Å². The van der Waals surface area contributed by atoms with Crippen molar-refractivity contribution in [2.24, 2.45) is 17.8 Å². The van der Waals surface area contributed by atoms with Crippen LogP contribution >= 0.6 is 18.9 Å². The summed E-state index contributed by atoms with van der Waals surface area (Å²) in [4.78, 5) is 0. The van der Waals surface area contributed by atoms with Crippen molar-refractivity contribution in [3.8, 4) is 0 Å². The van der Waals surface area contributed by atoms with Crippen LogP contribution in [-0.2, 0) is 14.2 Å². The molecule has 2 aliphatic rings. The molecule has 0 aromatic heterocycles. The first-order valence-corrected chi connectivity index (χ1v) is 11.6. The van der Waals surface area contributed by atoms with Crippen LogP contribution in [0.2, 0.25) is 0 Å². The van der Waals surface area contributed by atoms with E-state index in [0.717, 1.165) is 26.3 Å². The van der Waals surface area contributed by atoms with Crippen molar-refractivity contribution >= 4 is 18.9 Å². The van der Waals surface area contributed by atoms with Crippen molar-refractivity contribution in [3.05, 3.63) is 0 Å². The number of nitrogens with zero attached hydrogens (tertiary/aromatic N) is 1. The number of thiol groups is 1. The van der Waals surface area contributed by atoms with E-state index < -0.39 is 6.62 Å². The number of hydrogen-bond acceptors (Lipinski definition) is 5. The van der Waals surface area contributed by atoms with Gasteiger partial charge >= 0.3 is 0 Å². The molecule has 2 fully saturated rings. The third kappa shape index (κ3) is 3.65. The molecule has 0 aromatic carbocycles. The normalized spacial score (nSPS) is 38.2. The van der Waals surface area contributed by atoms with Crippen LogP contribution in [0.1, 0.15) is 41.5 Å². The lowest BCUT2D eigenvalue weighted by Gasteiger charge is -2.50. The maximum Gasteiger partial charge on any atom is 0.200 e. The second-order valence-corrected chi connectivity index (χ2v) is 12.3. The highest BCUT2D eigenvalue weighted by Crippen LogP contribution is 2.78. The van der Waals surface area contributed by atoms with E-state index in [0.29, 0.717) is 17.8 Å². The molecule has 0 saturated carbocycles. The SMILES string of the molecule is CC(C)C1OC(C(C)C)[P+](S)(N2CCOCC2)C(C(C)C)O1. The zero-order valence-corrected chi connectivity index (χ0v) is 16.6.